The van der Waals surface area contributed by atoms with Gasteiger partial charge in [-0.3, -0.25) is 9.59 Å². The zero-order valence-electron chi connectivity index (χ0n) is 11.7. The maximum Gasteiger partial charge on any atom is 0.308 e. The van der Waals surface area contributed by atoms with Crippen LogP contribution in [0.2, 0.25) is 0 Å². The van der Waals surface area contributed by atoms with Crippen molar-refractivity contribution in [2.45, 2.75) is 45.6 Å². The van der Waals surface area contributed by atoms with Crippen LogP contribution in [0.25, 0.3) is 0 Å². The summed E-state index contributed by atoms with van der Waals surface area (Å²) in [5.74, 6) is 0.894. The Labute approximate surface area is 113 Å². The van der Waals surface area contributed by atoms with E-state index in [0.29, 0.717) is 18.4 Å². The quantitative estimate of drug-likeness (QED) is 0.733. The maximum absolute atomic E-state index is 12.0. The lowest BCUT2D eigenvalue weighted by molar-refractivity contribution is -0.157. The molecule has 0 amide bonds. The Balaban J connectivity index is 1.64. The maximum atomic E-state index is 12.0. The molecule has 4 nitrogen and oxygen atoms in total. The van der Waals surface area contributed by atoms with Gasteiger partial charge < -0.3 is 9.47 Å². The first-order chi connectivity index (χ1) is 9.06. The Morgan fingerprint density at radius 2 is 2.32 bits per heavy atom. The van der Waals surface area contributed by atoms with E-state index in [-0.39, 0.29) is 35.8 Å². The summed E-state index contributed by atoms with van der Waals surface area (Å²) in [6, 6.07) is 0. The van der Waals surface area contributed by atoms with Crippen LogP contribution in [0.3, 0.4) is 0 Å². The van der Waals surface area contributed by atoms with Crippen molar-refractivity contribution in [1.82, 2.24) is 0 Å². The summed E-state index contributed by atoms with van der Waals surface area (Å²) >= 11 is 0. The average Bonchev–Trinajstić information content (AvgIpc) is 3.05. The van der Waals surface area contributed by atoms with Gasteiger partial charge in [-0.15, -0.1) is 0 Å². The van der Waals surface area contributed by atoms with Gasteiger partial charge in [-0.1, -0.05) is 13.8 Å². The Bertz CT molecular complexity index is 405. The van der Waals surface area contributed by atoms with Crippen LogP contribution in [0.5, 0.6) is 0 Å². The van der Waals surface area contributed by atoms with E-state index in [1.165, 1.54) is 0 Å². The predicted molar refractivity (Wildman–Crippen MR) is 68.4 cm³/mol. The van der Waals surface area contributed by atoms with Crippen LogP contribution in [0, 0.1) is 23.2 Å². The topological polar surface area (TPSA) is 52.6 Å². The van der Waals surface area contributed by atoms with E-state index in [0.717, 1.165) is 25.7 Å². The third kappa shape index (κ3) is 1.92. The predicted octanol–water partition coefficient (Wildman–Crippen LogP) is 1.96. The highest BCUT2D eigenvalue weighted by molar-refractivity contribution is 5.88. The van der Waals surface area contributed by atoms with Crippen LogP contribution < -0.4 is 0 Å². The molecule has 3 rings (SSSR count). The number of ketones is 1. The van der Waals surface area contributed by atoms with E-state index in [1.807, 2.05) is 13.8 Å². The van der Waals surface area contributed by atoms with Gasteiger partial charge in [0.15, 0.2) is 5.78 Å². The standard InChI is InChI=1S/C15H22O4/c1-3-9(2)14(17)19-12-5-11-4-10(12)6-15(11)8-18-7-13(15)16/h9-12H,3-8H2,1-2H3. The fourth-order valence-corrected chi connectivity index (χ4v) is 4.03. The van der Waals surface area contributed by atoms with Crippen LogP contribution in [-0.2, 0) is 19.1 Å². The third-order valence-electron chi connectivity index (χ3n) is 5.47. The fraction of sp³-hybridized carbons (Fsp3) is 0.867. The smallest absolute Gasteiger partial charge is 0.308 e. The summed E-state index contributed by atoms with van der Waals surface area (Å²) in [6.45, 7) is 4.77. The summed E-state index contributed by atoms with van der Waals surface area (Å²) in [5.41, 5.74) is -0.232. The molecule has 1 spiro atoms. The van der Waals surface area contributed by atoms with Crippen molar-refractivity contribution in [3.05, 3.63) is 0 Å². The zero-order valence-corrected chi connectivity index (χ0v) is 11.7. The molecule has 3 fully saturated rings. The summed E-state index contributed by atoms with van der Waals surface area (Å²) in [4.78, 5) is 23.9. The van der Waals surface area contributed by atoms with E-state index in [2.05, 4.69) is 0 Å². The van der Waals surface area contributed by atoms with Gasteiger partial charge in [0, 0.05) is 0 Å². The van der Waals surface area contributed by atoms with Crippen molar-refractivity contribution in [2.24, 2.45) is 23.2 Å². The van der Waals surface area contributed by atoms with Crippen molar-refractivity contribution < 1.29 is 19.1 Å². The monoisotopic (exact) mass is 266 g/mol. The molecule has 0 radical (unpaired) electrons. The Kier molecular flexibility index (Phi) is 3.16. The van der Waals surface area contributed by atoms with Crippen molar-refractivity contribution in [2.75, 3.05) is 13.2 Å². The van der Waals surface area contributed by atoms with E-state index in [4.69, 9.17) is 9.47 Å². The van der Waals surface area contributed by atoms with Crippen molar-refractivity contribution in [1.29, 1.82) is 0 Å². The molecule has 2 aliphatic carbocycles. The molecule has 5 unspecified atom stereocenters. The number of ether oxygens (including phenoxy) is 2. The molecule has 1 aliphatic heterocycles. The van der Waals surface area contributed by atoms with E-state index in [9.17, 15) is 9.59 Å². The molecule has 5 atom stereocenters. The molecular formula is C15H22O4. The van der Waals surface area contributed by atoms with Crippen molar-refractivity contribution >= 4 is 11.8 Å². The molecular weight excluding hydrogens is 244 g/mol. The molecule has 0 N–H and O–H groups in total. The van der Waals surface area contributed by atoms with Gasteiger partial charge in [-0.2, -0.15) is 0 Å². The van der Waals surface area contributed by atoms with Crippen molar-refractivity contribution in [3.63, 3.8) is 0 Å². The summed E-state index contributed by atoms with van der Waals surface area (Å²) < 4.78 is 11.0. The number of Topliss-reactive ketones (excluding diaryl/α,β-unsaturated/α-hetero) is 1. The van der Waals surface area contributed by atoms with Gasteiger partial charge in [0.2, 0.25) is 0 Å². The van der Waals surface area contributed by atoms with Gasteiger partial charge in [-0.05, 0) is 37.5 Å². The minimum absolute atomic E-state index is 0.0236. The second-order valence-corrected chi connectivity index (χ2v) is 6.49. The summed E-state index contributed by atoms with van der Waals surface area (Å²) in [6.07, 6.45) is 3.57. The first-order valence-electron chi connectivity index (χ1n) is 7.38. The normalized spacial score (nSPS) is 42.0. The van der Waals surface area contributed by atoms with Gasteiger partial charge in [-0.25, -0.2) is 0 Å². The number of rotatable bonds is 3. The molecule has 3 aliphatic rings. The highest BCUT2D eigenvalue weighted by Crippen LogP contribution is 2.58. The third-order valence-corrected chi connectivity index (χ3v) is 5.47. The van der Waals surface area contributed by atoms with Crippen LogP contribution in [0.4, 0.5) is 0 Å². The molecule has 0 aromatic rings. The van der Waals surface area contributed by atoms with Gasteiger partial charge >= 0.3 is 5.97 Å². The first kappa shape index (κ1) is 13.1. The SMILES string of the molecule is CCC(C)C(=O)OC1CC2CC1CC21COCC1=O. The molecule has 1 heterocycles. The van der Waals surface area contributed by atoms with E-state index >= 15 is 0 Å². The van der Waals surface area contributed by atoms with Gasteiger partial charge in [0.25, 0.3) is 0 Å². The number of hydrogen-bond acceptors (Lipinski definition) is 4. The molecule has 19 heavy (non-hydrogen) atoms. The lowest BCUT2D eigenvalue weighted by Gasteiger charge is -2.34. The zero-order chi connectivity index (χ0) is 13.6. The second-order valence-electron chi connectivity index (χ2n) is 6.49. The lowest BCUT2D eigenvalue weighted by atomic mass is 9.71. The van der Waals surface area contributed by atoms with Gasteiger partial charge in [0.05, 0.1) is 17.9 Å². The summed E-state index contributed by atoms with van der Waals surface area (Å²) in [7, 11) is 0. The molecule has 1 saturated heterocycles. The highest BCUT2D eigenvalue weighted by atomic mass is 16.5. The number of carbonyl (C=O) groups is 2. The molecule has 4 heteroatoms. The van der Waals surface area contributed by atoms with Crippen LogP contribution in [0.1, 0.15) is 39.5 Å². The molecule has 0 aromatic heterocycles. The minimum Gasteiger partial charge on any atom is -0.462 e. The molecule has 2 bridgehead atoms. The highest BCUT2D eigenvalue weighted by Gasteiger charge is 2.61. The molecule has 106 valence electrons. The minimum atomic E-state index is -0.232. The number of esters is 1. The number of carbonyl (C=O) groups excluding carboxylic acids is 2. The molecule has 0 aromatic carbocycles. The fourth-order valence-electron chi connectivity index (χ4n) is 4.03. The van der Waals surface area contributed by atoms with Gasteiger partial charge in [0.1, 0.15) is 12.7 Å². The van der Waals surface area contributed by atoms with Crippen molar-refractivity contribution in [3.8, 4) is 0 Å². The average molecular weight is 266 g/mol. The Morgan fingerprint density at radius 1 is 1.53 bits per heavy atom. The van der Waals surface area contributed by atoms with Crippen LogP contribution >= 0.6 is 0 Å². The second kappa shape index (κ2) is 4.58. The number of fused-ring (bicyclic) bond motifs is 3. The lowest BCUT2D eigenvalue weighted by Crippen LogP contribution is -2.40. The Hall–Kier alpha value is -0.900. The summed E-state index contributed by atoms with van der Waals surface area (Å²) in [5, 5.41) is 0. The largest absolute Gasteiger partial charge is 0.462 e. The van der Waals surface area contributed by atoms with E-state index in [1.54, 1.807) is 0 Å². The first-order valence-corrected chi connectivity index (χ1v) is 7.38. The van der Waals surface area contributed by atoms with Crippen LogP contribution in [-0.4, -0.2) is 31.1 Å². The Morgan fingerprint density at radius 3 is 2.84 bits per heavy atom. The van der Waals surface area contributed by atoms with Crippen LogP contribution in [0.15, 0.2) is 0 Å². The molecule has 2 saturated carbocycles. The number of hydrogen-bond donors (Lipinski definition) is 0. The van der Waals surface area contributed by atoms with E-state index < -0.39 is 0 Å².